The van der Waals surface area contributed by atoms with Gasteiger partial charge in [-0.15, -0.1) is 0 Å². The molecule has 0 spiro atoms. The summed E-state index contributed by atoms with van der Waals surface area (Å²) in [6.07, 6.45) is 1.26. The third-order valence-corrected chi connectivity index (χ3v) is 3.01. The normalized spacial score (nSPS) is 10.1. The number of fused-ring (bicyclic) bond motifs is 1. The molecule has 0 saturated carbocycles. The van der Waals surface area contributed by atoms with Crippen LogP contribution in [0.5, 0.6) is 0 Å². The number of benzene rings is 2. The lowest BCUT2D eigenvalue weighted by Gasteiger charge is -2.08. The van der Waals surface area contributed by atoms with E-state index >= 15 is 0 Å². The average molecular weight is 276 g/mol. The van der Waals surface area contributed by atoms with E-state index in [0.717, 1.165) is 20.9 Å². The molecule has 2 aromatic rings. The number of halogens is 1. The second-order valence-corrected chi connectivity index (χ2v) is 4.19. The van der Waals surface area contributed by atoms with Crippen molar-refractivity contribution in [3.8, 4) is 0 Å². The minimum absolute atomic E-state index is 0.201. The zero-order valence-corrected chi connectivity index (χ0v) is 10.1. The highest BCUT2D eigenvalue weighted by molar-refractivity contribution is 9.10. The summed E-state index contributed by atoms with van der Waals surface area (Å²) in [6.45, 7) is 3.43. The Hall–Kier alpha value is -1.61. The van der Waals surface area contributed by atoms with Crippen LogP contribution in [-0.4, -0.2) is 5.91 Å². The Morgan fingerprint density at radius 3 is 2.56 bits per heavy atom. The smallest absolute Gasteiger partial charge is 0.247 e. The molecule has 3 heteroatoms. The summed E-state index contributed by atoms with van der Waals surface area (Å²) in [4.78, 5) is 11.3. The maximum absolute atomic E-state index is 11.3. The second-order valence-electron chi connectivity index (χ2n) is 3.33. The highest BCUT2D eigenvalue weighted by atomic mass is 79.9. The molecule has 80 valence electrons. The van der Waals surface area contributed by atoms with E-state index in [1.54, 1.807) is 0 Å². The monoisotopic (exact) mass is 275 g/mol. The topological polar surface area (TPSA) is 29.1 Å². The third kappa shape index (κ3) is 1.99. The Bertz CT molecular complexity index is 563. The Morgan fingerprint density at radius 2 is 1.88 bits per heavy atom. The van der Waals surface area contributed by atoms with E-state index in [4.69, 9.17) is 0 Å². The summed E-state index contributed by atoms with van der Waals surface area (Å²) in [5, 5.41) is 4.86. The maximum atomic E-state index is 11.3. The van der Waals surface area contributed by atoms with Crippen molar-refractivity contribution in [1.82, 2.24) is 0 Å². The highest BCUT2D eigenvalue weighted by Gasteiger charge is 2.04. The maximum Gasteiger partial charge on any atom is 0.247 e. The van der Waals surface area contributed by atoms with Gasteiger partial charge in [0, 0.05) is 15.5 Å². The molecule has 0 saturated heterocycles. The summed E-state index contributed by atoms with van der Waals surface area (Å²) < 4.78 is 1.01. The van der Waals surface area contributed by atoms with E-state index < -0.39 is 0 Å². The van der Waals surface area contributed by atoms with Crippen molar-refractivity contribution in [3.63, 3.8) is 0 Å². The number of amides is 1. The van der Waals surface area contributed by atoms with Crippen molar-refractivity contribution >= 4 is 38.3 Å². The Balaban J connectivity index is 2.58. The third-order valence-electron chi connectivity index (χ3n) is 2.31. The van der Waals surface area contributed by atoms with Crippen LogP contribution < -0.4 is 5.32 Å². The van der Waals surface area contributed by atoms with Crippen molar-refractivity contribution in [3.05, 3.63) is 53.5 Å². The zero-order chi connectivity index (χ0) is 11.5. The fourth-order valence-electron chi connectivity index (χ4n) is 1.56. The molecule has 0 unspecified atom stereocenters. The van der Waals surface area contributed by atoms with Crippen LogP contribution >= 0.6 is 15.9 Å². The predicted molar refractivity (Wildman–Crippen MR) is 70.5 cm³/mol. The lowest BCUT2D eigenvalue weighted by molar-refractivity contribution is -0.111. The molecule has 16 heavy (non-hydrogen) atoms. The second kappa shape index (κ2) is 4.49. The van der Waals surface area contributed by atoms with Crippen molar-refractivity contribution in [1.29, 1.82) is 0 Å². The van der Waals surface area contributed by atoms with Crippen LogP contribution in [0.25, 0.3) is 10.8 Å². The van der Waals surface area contributed by atoms with Gasteiger partial charge in [0.15, 0.2) is 0 Å². The standard InChI is InChI=1S/C13H10BrNO/c1-2-13(16)15-12-8-7-11(14)9-5-3-4-6-10(9)12/h2-8H,1H2,(H,15,16). The van der Waals surface area contributed by atoms with Crippen molar-refractivity contribution < 1.29 is 4.79 Å². The first kappa shape index (κ1) is 10.9. The fraction of sp³-hybridized carbons (Fsp3) is 0. The summed E-state index contributed by atoms with van der Waals surface area (Å²) in [5.41, 5.74) is 0.795. The highest BCUT2D eigenvalue weighted by Crippen LogP contribution is 2.29. The van der Waals surface area contributed by atoms with Crippen molar-refractivity contribution in [2.75, 3.05) is 5.32 Å². The van der Waals surface area contributed by atoms with Crippen LogP contribution in [0.15, 0.2) is 53.5 Å². The molecule has 2 aromatic carbocycles. The number of nitrogens with one attached hydrogen (secondary N) is 1. The van der Waals surface area contributed by atoms with Gasteiger partial charge in [0.25, 0.3) is 0 Å². The summed E-state index contributed by atoms with van der Waals surface area (Å²) >= 11 is 3.48. The molecule has 0 aliphatic rings. The van der Waals surface area contributed by atoms with Gasteiger partial charge < -0.3 is 5.32 Å². The van der Waals surface area contributed by atoms with E-state index in [1.807, 2.05) is 36.4 Å². The number of hydrogen-bond acceptors (Lipinski definition) is 1. The average Bonchev–Trinajstić information content (AvgIpc) is 2.33. The molecule has 0 aliphatic heterocycles. The summed E-state index contributed by atoms with van der Waals surface area (Å²) in [7, 11) is 0. The van der Waals surface area contributed by atoms with E-state index in [1.165, 1.54) is 6.08 Å². The van der Waals surface area contributed by atoms with Crippen LogP contribution in [0.1, 0.15) is 0 Å². The van der Waals surface area contributed by atoms with Gasteiger partial charge in [-0.3, -0.25) is 4.79 Å². The minimum atomic E-state index is -0.201. The Labute approximate surface area is 102 Å². The van der Waals surface area contributed by atoms with E-state index in [9.17, 15) is 4.79 Å². The molecule has 0 radical (unpaired) electrons. The molecule has 1 amide bonds. The number of hydrogen-bond donors (Lipinski definition) is 1. The van der Waals surface area contributed by atoms with Crippen LogP contribution in [0.2, 0.25) is 0 Å². The molecule has 2 nitrogen and oxygen atoms in total. The molecule has 1 N–H and O–H groups in total. The quantitative estimate of drug-likeness (QED) is 0.832. The van der Waals surface area contributed by atoms with Gasteiger partial charge in [0.05, 0.1) is 0 Å². The molecule has 0 bridgehead atoms. The molecule has 0 aromatic heterocycles. The van der Waals surface area contributed by atoms with Gasteiger partial charge in [-0.1, -0.05) is 46.8 Å². The van der Waals surface area contributed by atoms with Crippen molar-refractivity contribution in [2.45, 2.75) is 0 Å². The van der Waals surface area contributed by atoms with E-state index in [2.05, 4.69) is 27.8 Å². The number of carbonyl (C=O) groups is 1. The number of rotatable bonds is 2. The van der Waals surface area contributed by atoms with Gasteiger partial charge in [-0.25, -0.2) is 0 Å². The molecule has 0 heterocycles. The van der Waals surface area contributed by atoms with Crippen molar-refractivity contribution in [2.24, 2.45) is 0 Å². The molecule has 0 aliphatic carbocycles. The van der Waals surface area contributed by atoms with Crippen LogP contribution in [-0.2, 0) is 4.79 Å². The van der Waals surface area contributed by atoms with Gasteiger partial charge >= 0.3 is 0 Å². The first-order chi connectivity index (χ1) is 7.72. The Morgan fingerprint density at radius 1 is 1.19 bits per heavy atom. The van der Waals surface area contributed by atoms with Gasteiger partial charge in [0.2, 0.25) is 5.91 Å². The van der Waals surface area contributed by atoms with E-state index in [-0.39, 0.29) is 5.91 Å². The van der Waals surface area contributed by atoms with Gasteiger partial charge in [0.1, 0.15) is 0 Å². The molecule has 0 fully saturated rings. The number of carbonyl (C=O) groups excluding carboxylic acids is 1. The van der Waals surface area contributed by atoms with Crippen LogP contribution in [0, 0.1) is 0 Å². The largest absolute Gasteiger partial charge is 0.322 e. The fourth-order valence-corrected chi connectivity index (χ4v) is 2.03. The predicted octanol–water partition coefficient (Wildman–Crippen LogP) is 3.73. The lowest BCUT2D eigenvalue weighted by atomic mass is 10.1. The molecule has 2 rings (SSSR count). The van der Waals surface area contributed by atoms with Crippen LogP contribution in [0.4, 0.5) is 5.69 Å². The van der Waals surface area contributed by atoms with Gasteiger partial charge in [-0.05, 0) is 23.6 Å². The first-order valence-electron chi connectivity index (χ1n) is 4.83. The SMILES string of the molecule is C=CC(=O)Nc1ccc(Br)c2ccccc12. The van der Waals surface area contributed by atoms with Crippen LogP contribution in [0.3, 0.4) is 0 Å². The molecular formula is C13H10BrNO. The van der Waals surface area contributed by atoms with E-state index in [0.29, 0.717) is 0 Å². The Kier molecular flexibility index (Phi) is 3.06. The minimum Gasteiger partial charge on any atom is -0.322 e. The molecule has 0 atom stereocenters. The zero-order valence-electron chi connectivity index (χ0n) is 8.53. The molecular weight excluding hydrogens is 266 g/mol. The van der Waals surface area contributed by atoms with Gasteiger partial charge in [-0.2, -0.15) is 0 Å². The summed E-state index contributed by atoms with van der Waals surface area (Å²) in [5.74, 6) is -0.201. The lowest BCUT2D eigenvalue weighted by Crippen LogP contribution is -2.07. The first-order valence-corrected chi connectivity index (χ1v) is 5.62. The number of anilines is 1. The summed E-state index contributed by atoms with van der Waals surface area (Å²) in [6, 6.07) is 11.7.